The average molecular weight is 1970 g/mol. The highest BCUT2D eigenvalue weighted by Gasteiger charge is 2.41. The number of carbonyl (C=O) groups excluding carboxylic acids is 17. The van der Waals surface area contributed by atoms with Crippen molar-refractivity contribution in [3.05, 3.63) is 161 Å². The number of fused-ring (bicyclic) bond motifs is 1. The van der Waals surface area contributed by atoms with Crippen molar-refractivity contribution in [3.63, 3.8) is 0 Å². The van der Waals surface area contributed by atoms with Crippen LogP contribution in [0.1, 0.15) is 128 Å². The Labute approximate surface area is 810 Å². The molecule has 45 heteroatoms. The molecule has 1 aromatic heterocycles. The van der Waals surface area contributed by atoms with Gasteiger partial charge in [0.25, 0.3) is 0 Å². The molecule has 756 valence electrons. The summed E-state index contributed by atoms with van der Waals surface area (Å²) in [5.41, 5.74) is 20.4. The Morgan fingerprint density at radius 2 is 0.793 bits per heavy atom. The van der Waals surface area contributed by atoms with Gasteiger partial charge in [0, 0.05) is 55.1 Å². The van der Waals surface area contributed by atoms with E-state index in [1.165, 1.54) is 70.3 Å². The Balaban J connectivity index is 1.34. The van der Waals surface area contributed by atoms with Gasteiger partial charge in [-0.3, -0.25) is 86.3 Å². The number of aromatic nitrogens is 1. The van der Waals surface area contributed by atoms with E-state index in [1.807, 2.05) is 30.3 Å². The summed E-state index contributed by atoms with van der Waals surface area (Å²) >= 11 is 0.623. The summed E-state index contributed by atoms with van der Waals surface area (Å²) in [6.07, 6.45) is -2.70. The molecule has 44 nitrogen and oxygen atoms in total. The van der Waals surface area contributed by atoms with Gasteiger partial charge in [0.1, 0.15) is 90.3 Å². The third-order valence-electron chi connectivity index (χ3n) is 22.3. The predicted octanol–water partition coefficient (Wildman–Crippen LogP) is -2.24. The Bertz CT molecular complexity index is 5410. The third-order valence-corrected chi connectivity index (χ3v) is 23.3. The molecule has 6 aromatic rings. The van der Waals surface area contributed by atoms with Crippen LogP contribution >= 0.6 is 11.8 Å². The van der Waals surface area contributed by atoms with Crippen LogP contribution in [-0.4, -0.2) is 266 Å². The summed E-state index contributed by atoms with van der Waals surface area (Å²) < 4.78 is 5.29. The van der Waals surface area contributed by atoms with E-state index in [0.717, 1.165) is 23.3 Å². The normalized spacial score (nSPS) is 22.6. The molecule has 1 aliphatic heterocycles. The number of nitrogens with two attached hydrogens (primary N) is 3. The van der Waals surface area contributed by atoms with Gasteiger partial charge in [-0.15, -0.1) is 11.8 Å². The molecule has 7 rings (SSSR count). The van der Waals surface area contributed by atoms with Crippen LogP contribution in [0.2, 0.25) is 0 Å². The van der Waals surface area contributed by atoms with Crippen molar-refractivity contribution in [3.8, 4) is 16.9 Å². The predicted molar refractivity (Wildman–Crippen MR) is 510 cm³/mol. The summed E-state index contributed by atoms with van der Waals surface area (Å²) in [4.78, 5) is 286. The molecule has 1 aliphatic rings. The Hall–Kier alpha value is -14.9. The van der Waals surface area contributed by atoms with E-state index in [0.29, 0.717) is 33.8 Å². The second kappa shape index (κ2) is 54.3. The van der Waals surface area contributed by atoms with Gasteiger partial charge >= 0.3 is 17.9 Å². The van der Waals surface area contributed by atoms with Gasteiger partial charge < -0.3 is 127 Å². The van der Waals surface area contributed by atoms with Crippen molar-refractivity contribution in [1.82, 2.24) is 84.7 Å². The van der Waals surface area contributed by atoms with Crippen LogP contribution in [0.25, 0.3) is 22.0 Å². The quantitative estimate of drug-likeness (QED) is 0.0236. The largest absolute Gasteiger partial charge is 0.482 e. The van der Waals surface area contributed by atoms with Crippen molar-refractivity contribution in [2.75, 3.05) is 37.8 Å². The number of nitrogens with one attached hydrogen (secondary N) is 16. The molecule has 0 radical (unpaired) electrons. The summed E-state index contributed by atoms with van der Waals surface area (Å²) in [6.45, 7) is 12.4. The highest BCUT2D eigenvalue weighted by Crippen LogP contribution is 2.25. The van der Waals surface area contributed by atoms with E-state index in [4.69, 9.17) is 21.9 Å². The van der Waals surface area contributed by atoms with E-state index in [2.05, 4.69) is 84.7 Å². The van der Waals surface area contributed by atoms with Gasteiger partial charge in [0.2, 0.25) is 100 Å². The monoisotopic (exact) mass is 1960 g/mol. The zero-order valence-corrected chi connectivity index (χ0v) is 79.9. The number of hydrogen-bond donors (Lipinski definition) is 23. The van der Waals surface area contributed by atoms with Crippen molar-refractivity contribution in [1.29, 1.82) is 0 Å². The number of para-hydroxylation sites is 1. The average Bonchev–Trinajstić information content (AvgIpc) is 1.60. The fraction of sp³-hybridized carbons (Fsp3) is 0.453. The molecular formula is C95H125N19O25S. The zero-order chi connectivity index (χ0) is 103. The first-order chi connectivity index (χ1) is 66.2. The number of amides is 17. The lowest BCUT2D eigenvalue weighted by Gasteiger charge is -2.30. The Kier molecular flexibility index (Phi) is 43.5. The number of ether oxygens (including phenoxy) is 1. The molecule has 0 aliphatic carbocycles. The van der Waals surface area contributed by atoms with E-state index in [9.17, 15) is 87.5 Å². The molecule has 0 bridgehead atoms. The molecule has 17 amide bonds. The summed E-state index contributed by atoms with van der Waals surface area (Å²) in [7, 11) is 0. The number of aliphatic carboxylic acids is 2. The maximum Gasteiger partial charge on any atom is 0.341 e. The molecule has 0 unspecified atom stereocenters. The molecule has 0 spiro atoms. The summed E-state index contributed by atoms with van der Waals surface area (Å²) in [5, 5.41) is 78.6. The van der Waals surface area contributed by atoms with Crippen LogP contribution in [0.4, 0.5) is 0 Å². The van der Waals surface area contributed by atoms with Gasteiger partial charge in [-0.05, 0) is 106 Å². The van der Waals surface area contributed by atoms with Gasteiger partial charge in [-0.2, -0.15) is 0 Å². The number of H-pyrrole nitrogens is 1. The zero-order valence-electron chi connectivity index (χ0n) is 79.1. The topological polar surface area (TPSA) is 706 Å². The van der Waals surface area contributed by atoms with Crippen LogP contribution in [0, 0.1) is 29.6 Å². The maximum absolute atomic E-state index is 15.4. The number of carboxylic acid groups (broad SMARTS) is 3. The van der Waals surface area contributed by atoms with Crippen molar-refractivity contribution < 1.29 is 121 Å². The minimum absolute atomic E-state index is 0.0423. The molecular weight excluding hydrogens is 1840 g/mol. The minimum atomic E-state index is -2.17. The molecule has 2 heterocycles. The first kappa shape index (κ1) is 112. The summed E-state index contributed by atoms with van der Waals surface area (Å²) in [6, 6.07) is 8.78. The fourth-order valence-corrected chi connectivity index (χ4v) is 15.7. The van der Waals surface area contributed by atoms with Crippen molar-refractivity contribution >= 4 is 141 Å². The SMILES string of the molecule is CC(C)C[C@@H]1NC(=O)[C@H](CC(N)=O)NC(=O)[C@@H](CC(C)C)NC(=O)[C@H](CN)NC(=O)[C@H](C(C)C)NC(=O)[C@H](Cc2ccc(-c3ccccc3)cc2)NC(=O)[C@H](C(C)C)NC(=O)[C@H](Cc2c[nH]c3ccccc23)NC(=O)[C@H](CC(=O)O)NC(=O)[C@H](Cc2ccc(C(=O)O)cc2)NC(=O)[C@H](Cc2ccc(OCC(=O)O)cc2)NC(=O)CSC[C@@H](C(=O)NCC(N)=O)NC(=O)[C@H](CO)NC(=O)[C@H](C(C)C)NC1=O. The molecule has 14 atom stereocenters. The second-order valence-electron chi connectivity index (χ2n) is 35.6. The first-order valence-corrected chi connectivity index (χ1v) is 46.5. The van der Waals surface area contributed by atoms with Gasteiger partial charge in [-0.25, -0.2) is 9.59 Å². The second-order valence-corrected chi connectivity index (χ2v) is 36.7. The van der Waals surface area contributed by atoms with E-state index in [-0.39, 0.29) is 41.7 Å². The first-order valence-electron chi connectivity index (χ1n) is 45.4. The van der Waals surface area contributed by atoms with Gasteiger partial charge in [0.15, 0.2) is 6.61 Å². The van der Waals surface area contributed by atoms with Gasteiger partial charge in [-0.1, -0.05) is 166 Å². The number of carbonyl (C=O) groups is 20. The summed E-state index contributed by atoms with van der Waals surface area (Å²) in [5.74, 6) is -27.9. The molecule has 1 saturated heterocycles. The van der Waals surface area contributed by atoms with Crippen molar-refractivity contribution in [2.24, 2.45) is 46.8 Å². The fourth-order valence-electron chi connectivity index (χ4n) is 14.8. The van der Waals surface area contributed by atoms with E-state index >= 15 is 28.8 Å². The molecule has 0 saturated carbocycles. The minimum Gasteiger partial charge on any atom is -0.482 e. The lowest BCUT2D eigenvalue weighted by Crippen LogP contribution is -2.63. The number of hydrogen-bond acceptors (Lipinski definition) is 24. The van der Waals surface area contributed by atoms with Crippen molar-refractivity contribution in [2.45, 2.75) is 205 Å². The third kappa shape index (κ3) is 35.6. The van der Waals surface area contributed by atoms with Crippen LogP contribution in [0.3, 0.4) is 0 Å². The highest BCUT2D eigenvalue weighted by molar-refractivity contribution is 8.00. The lowest BCUT2D eigenvalue weighted by molar-refractivity contribution is -0.142. The number of primary amides is 2. The number of aliphatic hydroxyl groups excluding tert-OH is 1. The standard InChI is InChI=1S/C95H125N19O25S/c1-47(2)32-62-82(124)106-68(38-73(97)116)85(127)102-63(33-48(3)4)87(129)112-80(51(9)10)94(136)110-71(43-115)91(133)111-72(81(123)100-42-74(98)117)45-140-46-75(118)101-64(34-54-24-30-59(31-25-54)139-44-77(121)122)83(125)104-65(35-53-22-28-57(29-23-53)95(137)138)84(126)107-69(39-76(119)120)86(128)105-67(37-58-41-99-61-19-15-14-18-60(58)61)89(131)114-78(49(5)6)92(134)108-66(36-52-20-26-56(27-21-52)55-16-12-11-13-17-55)88(130)113-79(50(7)8)93(135)109-70(40-96)90(132)103-62/h11-31,41,47-51,62-72,78-80,99,115H,32-40,42-46,96H2,1-10H3,(H2,97,116)(H2,98,117)(H,100,123)(H,101,118)(H,102,127)(H,103,132)(H,104,125)(H,105,128)(H,106,124)(H,107,126)(H,108,134)(H,109,135)(H,110,136)(H,111,133)(H,112,129)(H,113,130)(H,114,131)(H,119,120)(H,121,122)(H,137,138)/t62-,63+,64+,65+,66+,67+,68+,69+,70+,71+,72+,78+,79+,80+/m1/s1. The Morgan fingerprint density at radius 1 is 0.407 bits per heavy atom. The number of thioether (sulfide) groups is 1. The highest BCUT2D eigenvalue weighted by atomic mass is 32.2. The van der Waals surface area contributed by atoms with E-state index in [1.54, 1.807) is 90.1 Å². The number of aromatic amines is 1. The van der Waals surface area contributed by atoms with Crippen LogP contribution in [0.5, 0.6) is 5.75 Å². The lowest BCUT2D eigenvalue weighted by atomic mass is 9.97. The number of carboxylic acids is 3. The number of rotatable bonds is 29. The molecule has 5 aromatic carbocycles. The Morgan fingerprint density at radius 3 is 1.25 bits per heavy atom. The van der Waals surface area contributed by atoms with Gasteiger partial charge in [0.05, 0.1) is 37.3 Å². The van der Waals surface area contributed by atoms with Crippen LogP contribution in [-0.2, 0) is 117 Å². The number of aromatic carboxylic acids is 1. The smallest absolute Gasteiger partial charge is 0.341 e. The molecule has 140 heavy (non-hydrogen) atoms. The van der Waals surface area contributed by atoms with Crippen LogP contribution in [0.15, 0.2) is 134 Å². The molecule has 26 N–H and O–H groups in total. The number of aliphatic hydroxyl groups is 1. The molecule has 1 fully saturated rings. The van der Waals surface area contributed by atoms with E-state index < -0.39 is 302 Å². The maximum atomic E-state index is 15.4. The van der Waals surface area contributed by atoms with Crippen LogP contribution < -0.4 is 102 Å². The number of benzene rings is 5.